The molecule has 0 spiro atoms. The highest BCUT2D eigenvalue weighted by molar-refractivity contribution is 6.00. The molecule has 5 heteroatoms. The zero-order valence-corrected chi connectivity index (χ0v) is 15.2. The molecule has 5 nitrogen and oxygen atoms in total. The lowest BCUT2D eigenvalue weighted by molar-refractivity contribution is -0.126. The molecule has 1 aliphatic heterocycles. The molecule has 1 saturated heterocycles. The van der Waals surface area contributed by atoms with Gasteiger partial charge >= 0.3 is 0 Å². The van der Waals surface area contributed by atoms with Crippen LogP contribution in [0.15, 0.2) is 48.5 Å². The second kappa shape index (κ2) is 8.04. The highest BCUT2D eigenvalue weighted by atomic mass is 16.5. The third-order valence-corrected chi connectivity index (χ3v) is 4.75. The van der Waals surface area contributed by atoms with Gasteiger partial charge in [0.1, 0.15) is 5.75 Å². The third kappa shape index (κ3) is 4.04. The Morgan fingerprint density at radius 3 is 2.65 bits per heavy atom. The Balaban J connectivity index is 1.59. The van der Waals surface area contributed by atoms with Crippen LogP contribution in [-0.2, 0) is 22.6 Å². The summed E-state index contributed by atoms with van der Waals surface area (Å²) in [5, 5.41) is 2.93. The van der Waals surface area contributed by atoms with Crippen molar-refractivity contribution in [3.8, 4) is 5.75 Å². The molecule has 0 radical (unpaired) electrons. The van der Waals surface area contributed by atoms with Crippen molar-refractivity contribution >= 4 is 17.5 Å². The van der Waals surface area contributed by atoms with E-state index in [1.165, 1.54) is 5.56 Å². The number of ether oxygens (including phenoxy) is 1. The quantitative estimate of drug-likeness (QED) is 0.870. The van der Waals surface area contributed by atoms with Gasteiger partial charge in [0.05, 0.1) is 13.0 Å². The summed E-state index contributed by atoms with van der Waals surface area (Å²) in [5.41, 5.74) is 3.05. The Labute approximate surface area is 154 Å². The number of nitrogens with one attached hydrogen (secondary N) is 1. The van der Waals surface area contributed by atoms with Crippen molar-refractivity contribution in [1.29, 1.82) is 0 Å². The molecule has 26 heavy (non-hydrogen) atoms. The van der Waals surface area contributed by atoms with E-state index >= 15 is 0 Å². The van der Waals surface area contributed by atoms with Crippen molar-refractivity contribution < 1.29 is 14.3 Å². The van der Waals surface area contributed by atoms with Crippen LogP contribution in [0.3, 0.4) is 0 Å². The van der Waals surface area contributed by atoms with Crippen LogP contribution in [-0.4, -0.2) is 25.5 Å². The molecule has 2 amide bonds. The fraction of sp³-hybridized carbons (Fsp3) is 0.333. The normalized spacial score (nSPS) is 16.6. The predicted molar refractivity (Wildman–Crippen MR) is 101 cm³/mol. The molecule has 0 bridgehead atoms. The van der Waals surface area contributed by atoms with E-state index in [1.807, 2.05) is 48.5 Å². The van der Waals surface area contributed by atoms with Crippen molar-refractivity contribution in [2.45, 2.75) is 26.3 Å². The maximum absolute atomic E-state index is 12.5. The largest absolute Gasteiger partial charge is 0.497 e. The summed E-state index contributed by atoms with van der Waals surface area (Å²) in [6.45, 7) is 2.96. The summed E-state index contributed by atoms with van der Waals surface area (Å²) in [5.74, 6) is 0.392. The molecule has 2 aromatic carbocycles. The number of benzene rings is 2. The maximum Gasteiger partial charge on any atom is 0.227 e. The zero-order chi connectivity index (χ0) is 18.5. The molecule has 1 heterocycles. The van der Waals surface area contributed by atoms with E-state index in [-0.39, 0.29) is 24.2 Å². The van der Waals surface area contributed by atoms with Crippen molar-refractivity contribution in [1.82, 2.24) is 5.32 Å². The van der Waals surface area contributed by atoms with Crippen molar-refractivity contribution in [3.05, 3.63) is 59.7 Å². The minimum atomic E-state index is -0.314. The second-order valence-corrected chi connectivity index (χ2v) is 6.49. The highest BCUT2D eigenvalue weighted by Gasteiger charge is 2.35. The van der Waals surface area contributed by atoms with E-state index in [1.54, 1.807) is 12.0 Å². The number of carbonyl (C=O) groups excluding carboxylic acids is 2. The molecule has 1 aliphatic rings. The SMILES string of the molecule is CCc1cccc(N2C[C@@H](C(=O)NCc3ccc(OC)cc3)CC2=O)c1. The lowest BCUT2D eigenvalue weighted by Crippen LogP contribution is -2.32. The topological polar surface area (TPSA) is 58.6 Å². The number of nitrogens with zero attached hydrogens (tertiary/aromatic N) is 1. The van der Waals surface area contributed by atoms with Gasteiger partial charge in [0.25, 0.3) is 0 Å². The summed E-state index contributed by atoms with van der Waals surface area (Å²) in [6, 6.07) is 15.5. The molecule has 0 saturated carbocycles. The lowest BCUT2D eigenvalue weighted by Gasteiger charge is -2.17. The lowest BCUT2D eigenvalue weighted by atomic mass is 10.1. The first kappa shape index (κ1) is 18.0. The molecule has 1 atom stereocenters. The van der Waals surface area contributed by atoms with Gasteiger partial charge in [-0.15, -0.1) is 0 Å². The van der Waals surface area contributed by atoms with Crippen LogP contribution >= 0.6 is 0 Å². The molecular weight excluding hydrogens is 328 g/mol. The van der Waals surface area contributed by atoms with E-state index < -0.39 is 0 Å². The Morgan fingerprint density at radius 2 is 1.96 bits per heavy atom. The maximum atomic E-state index is 12.5. The molecular formula is C21H24N2O3. The Kier molecular flexibility index (Phi) is 5.56. The first-order chi connectivity index (χ1) is 12.6. The fourth-order valence-corrected chi connectivity index (χ4v) is 3.15. The van der Waals surface area contributed by atoms with E-state index in [2.05, 4.69) is 12.2 Å². The van der Waals surface area contributed by atoms with Gasteiger partial charge in [-0.05, 0) is 41.8 Å². The monoisotopic (exact) mass is 352 g/mol. The van der Waals surface area contributed by atoms with Gasteiger partial charge in [0, 0.05) is 25.2 Å². The van der Waals surface area contributed by atoms with Gasteiger partial charge in [-0.1, -0.05) is 31.2 Å². The number of aryl methyl sites for hydroxylation is 1. The summed E-state index contributed by atoms with van der Waals surface area (Å²) >= 11 is 0. The average molecular weight is 352 g/mol. The summed E-state index contributed by atoms with van der Waals surface area (Å²) < 4.78 is 5.13. The smallest absolute Gasteiger partial charge is 0.227 e. The van der Waals surface area contributed by atoms with Crippen LogP contribution in [0.4, 0.5) is 5.69 Å². The molecule has 0 unspecified atom stereocenters. The van der Waals surface area contributed by atoms with Crippen LogP contribution in [0.1, 0.15) is 24.5 Å². The Hall–Kier alpha value is -2.82. The fourth-order valence-electron chi connectivity index (χ4n) is 3.15. The standard InChI is InChI=1S/C21H24N2O3/c1-3-15-5-4-6-18(11-15)23-14-17(12-20(23)24)21(25)22-13-16-7-9-19(26-2)10-8-16/h4-11,17H,3,12-14H2,1-2H3,(H,22,25)/t17-/m0/s1. The molecule has 3 rings (SSSR count). The van der Waals surface area contributed by atoms with Gasteiger partial charge < -0.3 is 15.0 Å². The van der Waals surface area contributed by atoms with Crippen molar-refractivity contribution in [2.24, 2.45) is 5.92 Å². The van der Waals surface area contributed by atoms with E-state index in [4.69, 9.17) is 4.74 Å². The zero-order valence-electron chi connectivity index (χ0n) is 15.2. The first-order valence-electron chi connectivity index (χ1n) is 8.90. The van der Waals surface area contributed by atoms with Crippen LogP contribution in [0.25, 0.3) is 0 Å². The van der Waals surface area contributed by atoms with Crippen molar-refractivity contribution in [2.75, 3.05) is 18.6 Å². The highest BCUT2D eigenvalue weighted by Crippen LogP contribution is 2.26. The van der Waals surface area contributed by atoms with Crippen LogP contribution in [0.2, 0.25) is 0 Å². The van der Waals surface area contributed by atoms with E-state index in [0.29, 0.717) is 13.1 Å². The van der Waals surface area contributed by atoms with Crippen LogP contribution in [0, 0.1) is 5.92 Å². The van der Waals surface area contributed by atoms with Crippen molar-refractivity contribution in [3.63, 3.8) is 0 Å². The van der Waals surface area contributed by atoms with Crippen LogP contribution in [0.5, 0.6) is 5.75 Å². The molecule has 2 aromatic rings. The predicted octanol–water partition coefficient (Wildman–Crippen LogP) is 2.93. The van der Waals surface area contributed by atoms with Gasteiger partial charge in [-0.25, -0.2) is 0 Å². The molecule has 0 aliphatic carbocycles. The van der Waals surface area contributed by atoms with E-state index in [0.717, 1.165) is 23.4 Å². The van der Waals surface area contributed by atoms with Gasteiger partial charge in [-0.3, -0.25) is 9.59 Å². The third-order valence-electron chi connectivity index (χ3n) is 4.75. The van der Waals surface area contributed by atoms with Crippen LogP contribution < -0.4 is 15.0 Å². The molecule has 1 N–H and O–H groups in total. The molecule has 136 valence electrons. The minimum absolute atomic E-state index is 0.00264. The minimum Gasteiger partial charge on any atom is -0.497 e. The van der Waals surface area contributed by atoms with E-state index in [9.17, 15) is 9.59 Å². The first-order valence-corrected chi connectivity index (χ1v) is 8.90. The number of hydrogen-bond donors (Lipinski definition) is 1. The Morgan fingerprint density at radius 1 is 1.19 bits per heavy atom. The number of anilines is 1. The number of amides is 2. The number of carbonyl (C=O) groups is 2. The molecule has 1 fully saturated rings. The number of rotatable bonds is 6. The molecule has 0 aromatic heterocycles. The summed E-state index contributed by atoms with van der Waals surface area (Å²) in [7, 11) is 1.62. The summed E-state index contributed by atoms with van der Waals surface area (Å²) in [6.07, 6.45) is 1.17. The summed E-state index contributed by atoms with van der Waals surface area (Å²) in [4.78, 5) is 26.6. The Bertz CT molecular complexity index is 786. The average Bonchev–Trinajstić information content (AvgIpc) is 3.08. The number of hydrogen-bond acceptors (Lipinski definition) is 3. The van der Waals surface area contributed by atoms with Gasteiger partial charge in [0.2, 0.25) is 11.8 Å². The van der Waals surface area contributed by atoms with Gasteiger partial charge in [0.15, 0.2) is 0 Å². The number of methoxy groups -OCH3 is 1. The van der Waals surface area contributed by atoms with Gasteiger partial charge in [-0.2, -0.15) is 0 Å². The second-order valence-electron chi connectivity index (χ2n) is 6.49.